The van der Waals surface area contributed by atoms with E-state index in [2.05, 4.69) is 9.47 Å². The molecule has 0 aliphatic rings. The molecule has 0 aromatic carbocycles. The third-order valence-electron chi connectivity index (χ3n) is 2.84. The first-order chi connectivity index (χ1) is 10.8. The summed E-state index contributed by atoms with van der Waals surface area (Å²) in [6, 6.07) is 0. The Morgan fingerprint density at radius 2 is 0.958 bits per heavy atom. The van der Waals surface area contributed by atoms with Crippen LogP contribution in [-0.4, -0.2) is 56.9 Å². The third kappa shape index (κ3) is 4.69. The Bertz CT molecular complexity index is 457. The lowest BCUT2D eigenvalue weighted by Gasteiger charge is -2.21. The van der Waals surface area contributed by atoms with E-state index in [-0.39, 0.29) is 0 Å². The smallest absolute Gasteiger partial charge is 0.358 e. The molecule has 16 heteroatoms. The van der Waals surface area contributed by atoms with E-state index in [0.717, 1.165) is 13.8 Å². The van der Waals surface area contributed by atoms with Crippen molar-refractivity contribution in [2.75, 3.05) is 13.2 Å². The van der Waals surface area contributed by atoms with Gasteiger partial charge in [0.15, 0.2) is 0 Å². The van der Waals surface area contributed by atoms with E-state index in [1.54, 1.807) is 0 Å². The van der Waals surface area contributed by atoms with Gasteiger partial charge in [-0.05, 0) is 13.8 Å². The zero-order chi connectivity index (χ0) is 19.3. The van der Waals surface area contributed by atoms with E-state index in [4.69, 9.17) is 0 Å². The lowest BCUT2D eigenvalue weighted by Crippen LogP contribution is -2.49. The molecule has 0 saturated carbocycles. The van der Waals surface area contributed by atoms with Crippen LogP contribution < -0.4 is 0 Å². The highest BCUT2D eigenvalue weighted by atomic mass is 19.2. The molecule has 0 heterocycles. The molecule has 0 aliphatic carbocycles. The van der Waals surface area contributed by atoms with Crippen LogP contribution in [0.25, 0.3) is 0 Å². The van der Waals surface area contributed by atoms with Gasteiger partial charge in [0.2, 0.25) is 13.2 Å². The van der Waals surface area contributed by atoms with Gasteiger partial charge >= 0.3 is 11.8 Å². The number of nitrogens with zero attached hydrogens (tertiary/aromatic N) is 4. The molecule has 0 rings (SSSR count). The molecule has 0 aromatic heterocycles. The van der Waals surface area contributed by atoms with Crippen LogP contribution in [0.5, 0.6) is 0 Å². The lowest BCUT2D eigenvalue weighted by molar-refractivity contribution is -0.834. The first-order valence-electron chi connectivity index (χ1n) is 5.98. The summed E-state index contributed by atoms with van der Waals surface area (Å²) < 4.78 is 36.0. The highest BCUT2D eigenvalue weighted by molar-refractivity contribution is 4.64. The molecule has 0 radical (unpaired) electrons. The maximum absolute atomic E-state index is 13.4. The monoisotopic (exact) mass is 362 g/mol. The quantitative estimate of drug-likeness (QED) is 0.211. The van der Waals surface area contributed by atoms with Gasteiger partial charge in [-0.3, -0.25) is 40.5 Å². The fourth-order valence-electron chi connectivity index (χ4n) is 1.09. The van der Waals surface area contributed by atoms with Crippen LogP contribution >= 0.6 is 0 Å². The largest absolute Gasteiger partial charge is 0.637 e. The van der Waals surface area contributed by atoms with E-state index >= 15 is 0 Å². The predicted octanol–water partition coefficient (Wildman–Crippen LogP) is 0.150. The minimum atomic E-state index is -4.14. The van der Waals surface area contributed by atoms with Crippen molar-refractivity contribution in [2.45, 2.75) is 37.9 Å². The fourth-order valence-corrected chi connectivity index (χ4v) is 1.09. The van der Waals surface area contributed by atoms with Crippen molar-refractivity contribution in [1.82, 2.24) is 0 Å². The SMILES string of the molecule is CC(OCC(F)([N+](=O)[O-])[N+](=O)[O-])C(C)OCC(F)([N+](=O)[O-])[N+](=O)[O-]. The zero-order valence-electron chi connectivity index (χ0n) is 12.2. The summed E-state index contributed by atoms with van der Waals surface area (Å²) in [7, 11) is 0. The van der Waals surface area contributed by atoms with Gasteiger partial charge in [-0.2, -0.15) is 0 Å². The molecule has 0 aliphatic heterocycles. The molecule has 0 bridgehead atoms. The van der Waals surface area contributed by atoms with Crippen molar-refractivity contribution < 1.29 is 37.9 Å². The third-order valence-corrected chi connectivity index (χ3v) is 2.84. The standard InChI is InChI=1S/C8H12F2N4O10/c1-5(23-3-7(9,11(15)16)12(17)18)6(2)24-4-8(10,13(19)20)14(21)22/h5-6H,3-4H2,1-2H3. The van der Waals surface area contributed by atoms with Crippen molar-refractivity contribution in [2.24, 2.45) is 0 Å². The summed E-state index contributed by atoms with van der Waals surface area (Å²) in [5, 5.41) is 41.3. The minimum Gasteiger partial charge on any atom is -0.358 e. The molecule has 0 saturated heterocycles. The van der Waals surface area contributed by atoms with E-state index in [1.165, 1.54) is 0 Å². The molecule has 0 amide bonds. The molecule has 0 spiro atoms. The number of alkyl halides is 2. The fraction of sp³-hybridized carbons (Fsp3) is 1.00. The van der Waals surface area contributed by atoms with Crippen molar-refractivity contribution in [3.63, 3.8) is 0 Å². The summed E-state index contributed by atoms with van der Waals surface area (Å²) in [5.41, 5.74) is 0. The van der Waals surface area contributed by atoms with Crippen LogP contribution in [0.15, 0.2) is 0 Å². The number of hydrogen-bond acceptors (Lipinski definition) is 10. The molecule has 138 valence electrons. The van der Waals surface area contributed by atoms with E-state index < -0.39 is 56.9 Å². The lowest BCUT2D eigenvalue weighted by atomic mass is 10.2. The molecule has 14 nitrogen and oxygen atoms in total. The summed E-state index contributed by atoms with van der Waals surface area (Å²) in [6.45, 7) is -1.12. The van der Waals surface area contributed by atoms with E-state index in [9.17, 15) is 49.2 Å². The van der Waals surface area contributed by atoms with Crippen molar-refractivity contribution in [3.05, 3.63) is 40.5 Å². The van der Waals surface area contributed by atoms with Crippen LogP contribution in [0.3, 0.4) is 0 Å². The highest BCUT2D eigenvalue weighted by Crippen LogP contribution is 2.18. The molecule has 2 unspecified atom stereocenters. The minimum absolute atomic E-state index is 1.07. The van der Waals surface area contributed by atoms with Gasteiger partial charge in [0.05, 0.1) is 12.2 Å². The second-order valence-corrected chi connectivity index (χ2v) is 4.50. The first kappa shape index (κ1) is 21.4. The molecular formula is C8H12F2N4O10. The molecule has 24 heavy (non-hydrogen) atoms. The Kier molecular flexibility index (Phi) is 6.92. The second-order valence-electron chi connectivity index (χ2n) is 4.50. The van der Waals surface area contributed by atoms with Gasteiger partial charge in [0.25, 0.3) is 0 Å². The van der Waals surface area contributed by atoms with Crippen LogP contribution in [0.1, 0.15) is 13.8 Å². The number of nitro groups is 4. The Hall–Kier alpha value is -2.62. The van der Waals surface area contributed by atoms with Gasteiger partial charge in [0.1, 0.15) is 19.7 Å². The maximum Gasteiger partial charge on any atom is 0.637 e. The van der Waals surface area contributed by atoms with Crippen LogP contribution in [0.2, 0.25) is 0 Å². The second kappa shape index (κ2) is 7.77. The molecule has 0 aromatic rings. The van der Waals surface area contributed by atoms with Gasteiger partial charge in [-0.1, -0.05) is 8.78 Å². The number of ether oxygens (including phenoxy) is 2. The molecular weight excluding hydrogens is 350 g/mol. The zero-order valence-corrected chi connectivity index (χ0v) is 12.2. The van der Waals surface area contributed by atoms with Crippen molar-refractivity contribution in [3.8, 4) is 0 Å². The van der Waals surface area contributed by atoms with E-state index in [1.807, 2.05) is 0 Å². The Balaban J connectivity index is 4.77. The van der Waals surface area contributed by atoms with Crippen LogP contribution in [0, 0.1) is 40.5 Å². The topological polar surface area (TPSA) is 191 Å². The van der Waals surface area contributed by atoms with Gasteiger partial charge in [-0.25, -0.2) is 0 Å². The number of halogens is 2. The van der Waals surface area contributed by atoms with Gasteiger partial charge in [0, 0.05) is 0 Å². The van der Waals surface area contributed by atoms with Crippen LogP contribution in [-0.2, 0) is 9.47 Å². The molecule has 0 fully saturated rings. The summed E-state index contributed by atoms with van der Waals surface area (Å²) in [4.78, 5) is 34.0. The predicted molar refractivity (Wildman–Crippen MR) is 66.5 cm³/mol. The summed E-state index contributed by atoms with van der Waals surface area (Å²) in [5.74, 6) is -8.28. The first-order valence-corrected chi connectivity index (χ1v) is 5.98. The summed E-state index contributed by atoms with van der Waals surface area (Å²) >= 11 is 0. The number of rotatable bonds is 11. The highest BCUT2D eigenvalue weighted by Gasteiger charge is 2.60. The Morgan fingerprint density at radius 1 is 0.750 bits per heavy atom. The average Bonchev–Trinajstić information content (AvgIpc) is 2.48. The molecule has 2 atom stereocenters. The van der Waals surface area contributed by atoms with Gasteiger partial charge in [-0.15, -0.1) is 0 Å². The van der Waals surface area contributed by atoms with Crippen molar-refractivity contribution in [1.29, 1.82) is 0 Å². The Morgan fingerprint density at radius 3 is 1.12 bits per heavy atom. The van der Waals surface area contributed by atoms with Gasteiger partial charge < -0.3 is 9.47 Å². The number of hydrogen-bond donors (Lipinski definition) is 0. The average molecular weight is 362 g/mol. The summed E-state index contributed by atoms with van der Waals surface area (Å²) in [6.07, 6.45) is -2.69. The molecule has 0 N–H and O–H groups in total. The van der Waals surface area contributed by atoms with Crippen molar-refractivity contribution >= 4 is 0 Å². The Labute approximate surface area is 130 Å². The van der Waals surface area contributed by atoms with E-state index in [0.29, 0.717) is 0 Å². The van der Waals surface area contributed by atoms with Crippen LogP contribution in [0.4, 0.5) is 8.78 Å². The normalized spacial score (nSPS) is 14.7. The maximum atomic E-state index is 13.4.